The van der Waals surface area contributed by atoms with E-state index in [1.54, 1.807) is 0 Å². The first-order chi connectivity index (χ1) is 4.61. The van der Waals surface area contributed by atoms with Crippen molar-refractivity contribution in [2.75, 3.05) is 0 Å². The molecule has 0 saturated heterocycles. The summed E-state index contributed by atoms with van der Waals surface area (Å²) in [7, 11) is 0. The molecule has 2 N–H and O–H groups in total. The van der Waals surface area contributed by atoms with Crippen molar-refractivity contribution < 1.29 is 15.0 Å². The highest BCUT2D eigenvalue weighted by Gasteiger charge is 2.69. The van der Waals surface area contributed by atoms with Crippen molar-refractivity contribution in [1.29, 1.82) is 0 Å². The molecule has 2 aliphatic carbocycles. The normalized spacial score (nSPS) is 31.3. The van der Waals surface area contributed by atoms with Gasteiger partial charge in [0.05, 0.1) is 11.0 Å². The van der Waals surface area contributed by atoms with Gasteiger partial charge in [0.1, 0.15) is 0 Å². The van der Waals surface area contributed by atoms with Gasteiger partial charge in [0, 0.05) is 0 Å². The molecule has 0 unspecified atom stereocenters. The molecular formula is C7H10O3. The maximum atomic E-state index is 10.6. The number of carbonyl (C=O) groups is 1. The standard InChI is InChI=1S/C7H10O3/c8-5(9)6(1-2-6)7(10)3-4-7/h10H,1-4H2,(H,8,9). The van der Waals surface area contributed by atoms with Crippen molar-refractivity contribution in [1.82, 2.24) is 0 Å². The summed E-state index contributed by atoms with van der Waals surface area (Å²) in [4.78, 5) is 10.6. The summed E-state index contributed by atoms with van der Waals surface area (Å²) in [6.07, 6.45) is 2.69. The first-order valence-electron chi connectivity index (χ1n) is 3.57. The van der Waals surface area contributed by atoms with E-state index < -0.39 is 17.0 Å². The minimum absolute atomic E-state index is 0.666. The lowest BCUT2D eigenvalue weighted by Crippen LogP contribution is -2.31. The topological polar surface area (TPSA) is 57.5 Å². The Balaban J connectivity index is 2.22. The van der Waals surface area contributed by atoms with Crippen LogP contribution in [0.4, 0.5) is 0 Å². The van der Waals surface area contributed by atoms with E-state index in [4.69, 9.17) is 5.11 Å². The zero-order valence-electron chi connectivity index (χ0n) is 5.63. The molecule has 0 radical (unpaired) electrons. The molecule has 0 aromatic carbocycles. The van der Waals surface area contributed by atoms with Gasteiger partial charge in [-0.05, 0) is 25.7 Å². The molecule has 56 valence electrons. The molecule has 0 heterocycles. The van der Waals surface area contributed by atoms with E-state index >= 15 is 0 Å². The molecule has 0 aromatic heterocycles. The van der Waals surface area contributed by atoms with Gasteiger partial charge < -0.3 is 10.2 Å². The fourth-order valence-electron chi connectivity index (χ4n) is 1.60. The average molecular weight is 142 g/mol. The minimum Gasteiger partial charge on any atom is -0.481 e. The first kappa shape index (κ1) is 6.16. The molecule has 0 bridgehead atoms. The SMILES string of the molecule is O=C(O)C1(C2(O)CC2)CC1. The second-order valence-electron chi connectivity index (χ2n) is 3.42. The van der Waals surface area contributed by atoms with Crippen molar-refractivity contribution >= 4 is 5.97 Å². The van der Waals surface area contributed by atoms with Crippen LogP contribution < -0.4 is 0 Å². The Kier molecular flexibility index (Phi) is 0.844. The highest BCUT2D eigenvalue weighted by molar-refractivity contribution is 5.80. The van der Waals surface area contributed by atoms with Crippen molar-refractivity contribution in [2.45, 2.75) is 31.3 Å². The molecule has 0 atom stereocenters. The zero-order valence-corrected chi connectivity index (χ0v) is 5.63. The quantitative estimate of drug-likeness (QED) is 0.585. The van der Waals surface area contributed by atoms with Crippen LogP contribution in [0.15, 0.2) is 0 Å². The highest BCUT2D eigenvalue weighted by Crippen LogP contribution is 2.64. The summed E-state index contributed by atoms with van der Waals surface area (Å²) in [5.41, 5.74) is -1.55. The largest absolute Gasteiger partial charge is 0.481 e. The number of rotatable bonds is 2. The lowest BCUT2D eigenvalue weighted by molar-refractivity contribution is -0.149. The lowest BCUT2D eigenvalue weighted by atomic mass is 9.97. The summed E-state index contributed by atoms with van der Waals surface area (Å²) in [6.45, 7) is 0. The van der Waals surface area contributed by atoms with Gasteiger partial charge >= 0.3 is 5.97 Å². The Morgan fingerprint density at radius 1 is 1.20 bits per heavy atom. The number of carboxylic acids is 1. The molecular weight excluding hydrogens is 132 g/mol. The third-order valence-electron chi connectivity index (χ3n) is 2.77. The average Bonchev–Trinajstić information content (AvgIpc) is 2.55. The zero-order chi connectivity index (χ0) is 7.41. The van der Waals surface area contributed by atoms with Crippen LogP contribution in [0.3, 0.4) is 0 Å². The van der Waals surface area contributed by atoms with Crippen LogP contribution in [-0.2, 0) is 4.79 Å². The Bertz CT molecular complexity index is 189. The van der Waals surface area contributed by atoms with Crippen molar-refractivity contribution in [3.05, 3.63) is 0 Å². The molecule has 0 spiro atoms. The second kappa shape index (κ2) is 1.37. The summed E-state index contributed by atoms with van der Waals surface area (Å²) >= 11 is 0. The first-order valence-corrected chi connectivity index (χ1v) is 3.57. The van der Waals surface area contributed by atoms with Gasteiger partial charge in [-0.1, -0.05) is 0 Å². The number of aliphatic carboxylic acids is 1. The van der Waals surface area contributed by atoms with E-state index in [1.807, 2.05) is 0 Å². The molecule has 0 amide bonds. The van der Waals surface area contributed by atoms with Gasteiger partial charge in [-0.25, -0.2) is 0 Å². The van der Waals surface area contributed by atoms with E-state index in [0.29, 0.717) is 25.7 Å². The highest BCUT2D eigenvalue weighted by atomic mass is 16.4. The number of carboxylic acid groups (broad SMARTS) is 1. The molecule has 10 heavy (non-hydrogen) atoms. The van der Waals surface area contributed by atoms with Gasteiger partial charge in [-0.2, -0.15) is 0 Å². The maximum absolute atomic E-state index is 10.6. The van der Waals surface area contributed by atoms with E-state index in [1.165, 1.54) is 0 Å². The van der Waals surface area contributed by atoms with Crippen LogP contribution in [0.2, 0.25) is 0 Å². The van der Waals surface area contributed by atoms with Gasteiger partial charge in [0.2, 0.25) is 0 Å². The van der Waals surface area contributed by atoms with Crippen LogP contribution in [0.25, 0.3) is 0 Å². The minimum atomic E-state index is -0.821. The number of hydrogen-bond acceptors (Lipinski definition) is 2. The number of hydrogen-bond donors (Lipinski definition) is 2. The lowest BCUT2D eigenvalue weighted by Gasteiger charge is -2.15. The summed E-state index contributed by atoms with van der Waals surface area (Å²) in [5, 5.41) is 18.2. The third-order valence-corrected chi connectivity index (χ3v) is 2.77. The van der Waals surface area contributed by atoms with Crippen molar-refractivity contribution in [3.63, 3.8) is 0 Å². The predicted octanol–water partition coefficient (Wildman–Crippen LogP) is 0.376. The van der Waals surface area contributed by atoms with E-state index in [-0.39, 0.29) is 0 Å². The van der Waals surface area contributed by atoms with Crippen molar-refractivity contribution in [2.24, 2.45) is 5.41 Å². The second-order valence-corrected chi connectivity index (χ2v) is 3.42. The van der Waals surface area contributed by atoms with E-state index in [0.717, 1.165) is 0 Å². The van der Waals surface area contributed by atoms with Crippen LogP contribution >= 0.6 is 0 Å². The fraction of sp³-hybridized carbons (Fsp3) is 0.857. The van der Waals surface area contributed by atoms with Crippen LogP contribution in [0, 0.1) is 5.41 Å². The smallest absolute Gasteiger partial charge is 0.312 e. The maximum Gasteiger partial charge on any atom is 0.312 e. The Hall–Kier alpha value is -0.570. The summed E-state index contributed by atoms with van der Waals surface area (Å²) in [6, 6.07) is 0. The van der Waals surface area contributed by atoms with Crippen LogP contribution in [-0.4, -0.2) is 21.8 Å². The monoisotopic (exact) mass is 142 g/mol. The van der Waals surface area contributed by atoms with Crippen LogP contribution in [0.1, 0.15) is 25.7 Å². The van der Waals surface area contributed by atoms with Gasteiger partial charge in [0.25, 0.3) is 0 Å². The molecule has 2 saturated carbocycles. The van der Waals surface area contributed by atoms with Crippen molar-refractivity contribution in [3.8, 4) is 0 Å². The Morgan fingerprint density at radius 2 is 1.70 bits per heavy atom. The fourth-order valence-corrected chi connectivity index (χ4v) is 1.60. The molecule has 2 aliphatic rings. The van der Waals surface area contributed by atoms with Gasteiger partial charge in [-0.15, -0.1) is 0 Å². The molecule has 3 heteroatoms. The molecule has 0 aliphatic heterocycles. The van der Waals surface area contributed by atoms with Crippen LogP contribution in [0.5, 0.6) is 0 Å². The van der Waals surface area contributed by atoms with E-state index in [9.17, 15) is 9.90 Å². The predicted molar refractivity (Wildman–Crippen MR) is 33.5 cm³/mol. The number of aliphatic hydroxyl groups is 1. The molecule has 3 nitrogen and oxygen atoms in total. The molecule has 2 rings (SSSR count). The van der Waals surface area contributed by atoms with Gasteiger partial charge in [-0.3, -0.25) is 4.79 Å². The summed E-state index contributed by atoms with van der Waals surface area (Å²) in [5.74, 6) is -0.813. The Labute approximate surface area is 58.7 Å². The molecule has 0 aromatic rings. The summed E-state index contributed by atoms with van der Waals surface area (Å²) < 4.78 is 0. The van der Waals surface area contributed by atoms with E-state index in [2.05, 4.69) is 0 Å². The third kappa shape index (κ3) is 0.515. The molecule has 2 fully saturated rings. The van der Waals surface area contributed by atoms with Gasteiger partial charge in [0.15, 0.2) is 0 Å². The Morgan fingerprint density at radius 3 is 1.80 bits per heavy atom.